The van der Waals surface area contributed by atoms with E-state index in [9.17, 15) is 0 Å². The molecule has 0 aliphatic heterocycles. The third kappa shape index (κ3) is 3.40. The first-order chi connectivity index (χ1) is 3.81. The van der Waals surface area contributed by atoms with Crippen molar-refractivity contribution >= 4 is 5.71 Å². The lowest BCUT2D eigenvalue weighted by Crippen LogP contribution is -1.89. The van der Waals surface area contributed by atoms with Gasteiger partial charge in [0.2, 0.25) is 0 Å². The number of nitrogens with two attached hydrogens (primary N) is 1. The molecule has 0 amide bonds. The van der Waals surface area contributed by atoms with Crippen LogP contribution in [0.5, 0.6) is 0 Å². The highest BCUT2D eigenvalue weighted by Crippen LogP contribution is 1.80. The highest BCUT2D eigenvalue weighted by atomic mass is 15.1. The van der Waals surface area contributed by atoms with Crippen molar-refractivity contribution in [3.63, 3.8) is 0 Å². The Labute approximate surface area is 50.1 Å². The van der Waals surface area contributed by atoms with Crippen LogP contribution in [0.2, 0.25) is 0 Å². The molecule has 0 fully saturated rings. The van der Waals surface area contributed by atoms with Crippen molar-refractivity contribution in [2.24, 2.45) is 10.9 Å². The Morgan fingerprint density at radius 1 is 1.75 bits per heavy atom. The molecule has 0 heterocycles. The summed E-state index contributed by atoms with van der Waals surface area (Å²) >= 11 is 0. The van der Waals surface area contributed by atoms with E-state index in [-0.39, 0.29) is 0 Å². The van der Waals surface area contributed by atoms with Crippen LogP contribution in [0.15, 0.2) is 17.3 Å². The molecule has 0 aromatic rings. The lowest BCUT2D eigenvalue weighted by atomic mass is 10.3. The average molecular weight is 112 g/mol. The molecule has 2 heteroatoms. The van der Waals surface area contributed by atoms with Gasteiger partial charge in [0.1, 0.15) is 0 Å². The lowest BCUT2D eigenvalue weighted by molar-refractivity contribution is 1.21. The fraction of sp³-hybridized carbons (Fsp3) is 0.500. The van der Waals surface area contributed by atoms with Crippen LogP contribution >= 0.6 is 0 Å². The summed E-state index contributed by atoms with van der Waals surface area (Å²) in [6.45, 7) is 3.94. The van der Waals surface area contributed by atoms with E-state index in [1.165, 1.54) is 0 Å². The number of hydrogen-bond acceptors (Lipinski definition) is 2. The number of hydrazone groups is 1. The fourth-order valence-electron chi connectivity index (χ4n) is 0.331. The zero-order chi connectivity index (χ0) is 6.41. The number of allylic oxidation sites excluding steroid dienone is 2. The first kappa shape index (κ1) is 7.21. The largest absolute Gasteiger partial charge is 0.323 e. The van der Waals surface area contributed by atoms with Gasteiger partial charge < -0.3 is 5.84 Å². The van der Waals surface area contributed by atoms with Crippen LogP contribution < -0.4 is 5.84 Å². The molecule has 0 unspecified atom stereocenters. The highest BCUT2D eigenvalue weighted by molar-refractivity contribution is 5.92. The topological polar surface area (TPSA) is 38.4 Å². The second-order valence-electron chi connectivity index (χ2n) is 1.58. The molecule has 0 radical (unpaired) electrons. The number of nitrogens with zero attached hydrogens (tertiary/aromatic N) is 1. The summed E-state index contributed by atoms with van der Waals surface area (Å²) in [5.74, 6) is 4.95. The predicted molar refractivity (Wildman–Crippen MR) is 36.7 cm³/mol. The van der Waals surface area contributed by atoms with Crippen molar-refractivity contribution in [2.75, 3.05) is 0 Å². The molecule has 0 bridgehead atoms. The average Bonchev–Trinajstić information content (AvgIpc) is 1.83. The predicted octanol–water partition coefficient (Wildman–Crippen LogP) is 1.29. The van der Waals surface area contributed by atoms with E-state index >= 15 is 0 Å². The monoisotopic (exact) mass is 112 g/mol. The third-order valence-electron chi connectivity index (χ3n) is 0.798. The normalized spacial score (nSPS) is 13.0. The van der Waals surface area contributed by atoms with Gasteiger partial charge >= 0.3 is 0 Å². The van der Waals surface area contributed by atoms with E-state index in [2.05, 4.69) is 12.0 Å². The molecule has 0 saturated carbocycles. The van der Waals surface area contributed by atoms with Gasteiger partial charge in [0.05, 0.1) is 5.71 Å². The first-order valence-electron chi connectivity index (χ1n) is 2.72. The summed E-state index contributed by atoms with van der Waals surface area (Å²) < 4.78 is 0. The molecule has 8 heavy (non-hydrogen) atoms. The second-order valence-corrected chi connectivity index (χ2v) is 1.58. The van der Waals surface area contributed by atoms with Gasteiger partial charge in [-0.15, -0.1) is 0 Å². The van der Waals surface area contributed by atoms with Crippen molar-refractivity contribution in [3.8, 4) is 0 Å². The molecule has 0 spiro atoms. The molecule has 0 rings (SSSR count). The second kappa shape index (κ2) is 4.37. The standard InChI is InChI=1S/C6H12N2/c1-3-4-5-6(2)8-7/h4-5H,3,7H2,1-2H3/b5-4-,8-6-. The maximum absolute atomic E-state index is 4.95. The van der Waals surface area contributed by atoms with Crippen LogP contribution in [-0.2, 0) is 0 Å². The van der Waals surface area contributed by atoms with Gasteiger partial charge in [0, 0.05) is 0 Å². The molecular formula is C6H12N2. The van der Waals surface area contributed by atoms with E-state index in [0.717, 1.165) is 12.1 Å². The molecule has 0 aromatic heterocycles. The van der Waals surface area contributed by atoms with E-state index in [1.807, 2.05) is 19.1 Å². The Bertz CT molecular complexity index is 103. The number of hydrogen-bond donors (Lipinski definition) is 1. The summed E-state index contributed by atoms with van der Waals surface area (Å²) in [7, 11) is 0. The van der Waals surface area contributed by atoms with Crippen LogP contribution in [0.25, 0.3) is 0 Å². The SMILES string of the molecule is CC/C=C\C(C)=N/N. The van der Waals surface area contributed by atoms with Crippen LogP contribution in [-0.4, -0.2) is 5.71 Å². The van der Waals surface area contributed by atoms with Crippen molar-refractivity contribution in [1.29, 1.82) is 0 Å². The zero-order valence-electron chi connectivity index (χ0n) is 5.39. The molecule has 2 N–H and O–H groups in total. The summed E-state index contributed by atoms with van der Waals surface area (Å²) in [6.07, 6.45) is 4.96. The van der Waals surface area contributed by atoms with E-state index < -0.39 is 0 Å². The van der Waals surface area contributed by atoms with Gasteiger partial charge in [-0.05, 0) is 19.4 Å². The molecule has 0 saturated heterocycles. The minimum absolute atomic E-state index is 0.867. The van der Waals surface area contributed by atoms with E-state index in [1.54, 1.807) is 0 Å². The quantitative estimate of drug-likeness (QED) is 0.326. The first-order valence-corrected chi connectivity index (χ1v) is 2.72. The Kier molecular flexibility index (Phi) is 3.94. The van der Waals surface area contributed by atoms with Crippen molar-refractivity contribution in [1.82, 2.24) is 0 Å². The molecular weight excluding hydrogens is 100 g/mol. The maximum Gasteiger partial charge on any atom is 0.0566 e. The van der Waals surface area contributed by atoms with Gasteiger partial charge in [-0.25, -0.2) is 0 Å². The van der Waals surface area contributed by atoms with Gasteiger partial charge in [-0.3, -0.25) is 0 Å². The summed E-state index contributed by atoms with van der Waals surface area (Å²) in [6, 6.07) is 0. The van der Waals surface area contributed by atoms with E-state index in [4.69, 9.17) is 5.84 Å². The van der Waals surface area contributed by atoms with Crippen molar-refractivity contribution in [3.05, 3.63) is 12.2 Å². The number of rotatable bonds is 2. The Hall–Kier alpha value is -0.790. The van der Waals surface area contributed by atoms with Gasteiger partial charge in [-0.2, -0.15) is 5.10 Å². The Morgan fingerprint density at radius 3 is 2.75 bits per heavy atom. The summed E-state index contributed by atoms with van der Waals surface area (Å²) in [5.41, 5.74) is 0.867. The van der Waals surface area contributed by atoms with Crippen LogP contribution in [0.1, 0.15) is 20.3 Å². The molecule has 0 aliphatic rings. The lowest BCUT2D eigenvalue weighted by Gasteiger charge is -1.82. The third-order valence-corrected chi connectivity index (χ3v) is 0.798. The Balaban J connectivity index is 3.53. The van der Waals surface area contributed by atoms with Crippen LogP contribution in [0.3, 0.4) is 0 Å². The van der Waals surface area contributed by atoms with Crippen LogP contribution in [0, 0.1) is 0 Å². The van der Waals surface area contributed by atoms with Crippen molar-refractivity contribution in [2.45, 2.75) is 20.3 Å². The molecule has 0 aromatic carbocycles. The minimum atomic E-state index is 0.867. The molecule has 2 nitrogen and oxygen atoms in total. The zero-order valence-corrected chi connectivity index (χ0v) is 5.39. The molecule has 0 aliphatic carbocycles. The van der Waals surface area contributed by atoms with Crippen LogP contribution in [0.4, 0.5) is 0 Å². The Morgan fingerprint density at radius 2 is 2.38 bits per heavy atom. The summed E-state index contributed by atoms with van der Waals surface area (Å²) in [5, 5.41) is 3.46. The summed E-state index contributed by atoms with van der Waals surface area (Å²) in [4.78, 5) is 0. The molecule has 46 valence electrons. The molecule has 0 atom stereocenters. The minimum Gasteiger partial charge on any atom is -0.323 e. The van der Waals surface area contributed by atoms with E-state index in [0.29, 0.717) is 0 Å². The van der Waals surface area contributed by atoms with Crippen molar-refractivity contribution < 1.29 is 0 Å². The van der Waals surface area contributed by atoms with Gasteiger partial charge in [-0.1, -0.05) is 13.0 Å². The highest BCUT2D eigenvalue weighted by Gasteiger charge is 1.75. The smallest absolute Gasteiger partial charge is 0.0566 e. The van der Waals surface area contributed by atoms with Gasteiger partial charge in [0.15, 0.2) is 0 Å². The maximum atomic E-state index is 4.95. The fourth-order valence-corrected chi connectivity index (χ4v) is 0.331. The van der Waals surface area contributed by atoms with Gasteiger partial charge in [0.25, 0.3) is 0 Å².